The standard InChI is InChI=1S/C17H21N3O4S2/c1-12(17(21)19-13-6-5-7-14(10-13)24-4)25-16-9-8-15(11-18-16)26(22,23)20(2)3/h5-12H,1-4H3,(H,19,21). The summed E-state index contributed by atoms with van der Waals surface area (Å²) in [6, 6.07) is 10.2. The van der Waals surface area contributed by atoms with Gasteiger partial charge in [0.2, 0.25) is 15.9 Å². The Labute approximate surface area is 157 Å². The number of hydrogen-bond acceptors (Lipinski definition) is 6. The molecule has 7 nitrogen and oxygen atoms in total. The van der Waals surface area contributed by atoms with Crippen molar-refractivity contribution in [3.05, 3.63) is 42.6 Å². The lowest BCUT2D eigenvalue weighted by Crippen LogP contribution is -2.23. The van der Waals surface area contributed by atoms with Crippen molar-refractivity contribution in [2.75, 3.05) is 26.5 Å². The molecule has 0 bridgehead atoms. The summed E-state index contributed by atoms with van der Waals surface area (Å²) < 4.78 is 30.3. The second kappa shape index (κ2) is 8.52. The molecule has 1 amide bonds. The highest BCUT2D eigenvalue weighted by molar-refractivity contribution is 8.00. The van der Waals surface area contributed by atoms with Gasteiger partial charge in [0.1, 0.15) is 10.6 Å². The molecule has 0 aliphatic rings. The lowest BCUT2D eigenvalue weighted by molar-refractivity contribution is -0.115. The molecule has 0 radical (unpaired) electrons. The van der Waals surface area contributed by atoms with E-state index in [-0.39, 0.29) is 10.8 Å². The lowest BCUT2D eigenvalue weighted by atomic mass is 10.3. The molecule has 1 aromatic carbocycles. The molecule has 140 valence electrons. The number of anilines is 1. The van der Waals surface area contributed by atoms with Crippen LogP contribution in [0, 0.1) is 0 Å². The van der Waals surface area contributed by atoms with Gasteiger partial charge in [-0.15, -0.1) is 0 Å². The van der Waals surface area contributed by atoms with Gasteiger partial charge in [-0.2, -0.15) is 0 Å². The third-order valence-corrected chi connectivity index (χ3v) is 6.34. The van der Waals surface area contributed by atoms with E-state index in [4.69, 9.17) is 4.74 Å². The Balaban J connectivity index is 2.02. The number of benzene rings is 1. The van der Waals surface area contributed by atoms with Crippen molar-refractivity contribution in [1.29, 1.82) is 0 Å². The first-order valence-electron chi connectivity index (χ1n) is 7.74. The fraction of sp³-hybridized carbons (Fsp3) is 0.294. The minimum atomic E-state index is -3.52. The predicted octanol–water partition coefficient (Wildman–Crippen LogP) is 2.46. The molecule has 26 heavy (non-hydrogen) atoms. The van der Waals surface area contributed by atoms with Gasteiger partial charge in [-0.3, -0.25) is 4.79 Å². The van der Waals surface area contributed by atoms with E-state index in [9.17, 15) is 13.2 Å². The van der Waals surface area contributed by atoms with Crippen LogP contribution in [0.5, 0.6) is 5.75 Å². The minimum absolute atomic E-state index is 0.111. The molecule has 1 atom stereocenters. The number of methoxy groups -OCH3 is 1. The minimum Gasteiger partial charge on any atom is -0.497 e. The number of thioether (sulfide) groups is 1. The zero-order valence-electron chi connectivity index (χ0n) is 15.0. The van der Waals surface area contributed by atoms with E-state index in [1.54, 1.807) is 44.4 Å². The van der Waals surface area contributed by atoms with E-state index in [0.29, 0.717) is 16.5 Å². The fourth-order valence-electron chi connectivity index (χ4n) is 1.98. The average molecular weight is 396 g/mol. The molecule has 1 heterocycles. The molecule has 0 fully saturated rings. The lowest BCUT2D eigenvalue weighted by Gasteiger charge is -2.13. The van der Waals surface area contributed by atoms with Crippen molar-refractivity contribution in [2.45, 2.75) is 22.1 Å². The Morgan fingerprint density at radius 2 is 2.00 bits per heavy atom. The zero-order chi connectivity index (χ0) is 19.3. The molecule has 1 unspecified atom stereocenters. The van der Waals surface area contributed by atoms with Gasteiger partial charge in [0.25, 0.3) is 0 Å². The first-order chi connectivity index (χ1) is 12.2. The van der Waals surface area contributed by atoms with Gasteiger partial charge in [-0.25, -0.2) is 17.7 Å². The van der Waals surface area contributed by atoms with E-state index in [2.05, 4.69) is 10.3 Å². The van der Waals surface area contributed by atoms with E-state index in [1.807, 2.05) is 0 Å². The van der Waals surface area contributed by atoms with Crippen molar-refractivity contribution in [2.24, 2.45) is 0 Å². The van der Waals surface area contributed by atoms with E-state index >= 15 is 0 Å². The van der Waals surface area contributed by atoms with Gasteiger partial charge < -0.3 is 10.1 Å². The number of sulfonamides is 1. The van der Waals surface area contributed by atoms with Crippen molar-refractivity contribution < 1.29 is 17.9 Å². The Morgan fingerprint density at radius 3 is 2.58 bits per heavy atom. The number of nitrogens with zero attached hydrogens (tertiary/aromatic N) is 2. The molecule has 0 spiro atoms. The quantitative estimate of drug-likeness (QED) is 0.725. The monoisotopic (exact) mass is 395 g/mol. The van der Waals surface area contributed by atoms with Crippen LogP contribution in [0.2, 0.25) is 0 Å². The first-order valence-corrected chi connectivity index (χ1v) is 10.1. The molecule has 2 rings (SSSR count). The van der Waals surface area contributed by atoms with Gasteiger partial charge in [-0.1, -0.05) is 17.8 Å². The summed E-state index contributed by atoms with van der Waals surface area (Å²) in [5.74, 6) is 0.470. The van der Waals surface area contributed by atoms with Crippen LogP contribution in [0.1, 0.15) is 6.92 Å². The van der Waals surface area contributed by atoms with Crippen molar-refractivity contribution in [3.8, 4) is 5.75 Å². The van der Waals surface area contributed by atoms with E-state index in [0.717, 1.165) is 4.31 Å². The van der Waals surface area contributed by atoms with E-state index in [1.165, 1.54) is 38.1 Å². The predicted molar refractivity (Wildman–Crippen MR) is 102 cm³/mol. The maximum absolute atomic E-state index is 12.3. The first kappa shape index (κ1) is 20.2. The summed E-state index contributed by atoms with van der Waals surface area (Å²) in [4.78, 5) is 16.6. The molecule has 0 aliphatic carbocycles. The van der Waals surface area contributed by atoms with Gasteiger partial charge in [-0.05, 0) is 31.2 Å². The number of rotatable bonds is 7. The molecule has 0 saturated carbocycles. The second-order valence-corrected chi connectivity index (χ2v) is 9.11. The van der Waals surface area contributed by atoms with Crippen molar-refractivity contribution in [3.63, 3.8) is 0 Å². The highest BCUT2D eigenvalue weighted by atomic mass is 32.2. The van der Waals surface area contributed by atoms with Crippen LogP contribution >= 0.6 is 11.8 Å². The van der Waals surface area contributed by atoms with Crippen LogP contribution in [-0.2, 0) is 14.8 Å². The molecule has 2 aromatic rings. The number of ether oxygens (including phenoxy) is 1. The molecule has 9 heteroatoms. The van der Waals surface area contributed by atoms with Crippen LogP contribution in [0.15, 0.2) is 52.5 Å². The molecule has 1 aromatic heterocycles. The fourth-order valence-corrected chi connectivity index (χ4v) is 3.62. The molecular formula is C17H21N3O4S2. The molecule has 0 aliphatic heterocycles. The number of aromatic nitrogens is 1. The topological polar surface area (TPSA) is 88.6 Å². The molecular weight excluding hydrogens is 374 g/mol. The maximum atomic E-state index is 12.3. The maximum Gasteiger partial charge on any atom is 0.244 e. The molecule has 0 saturated heterocycles. The Morgan fingerprint density at radius 1 is 1.27 bits per heavy atom. The largest absolute Gasteiger partial charge is 0.497 e. The smallest absolute Gasteiger partial charge is 0.244 e. The van der Waals surface area contributed by atoms with Gasteiger partial charge in [0.05, 0.1) is 17.4 Å². The van der Waals surface area contributed by atoms with Crippen molar-refractivity contribution in [1.82, 2.24) is 9.29 Å². The molecule has 1 N–H and O–H groups in total. The van der Waals surface area contributed by atoms with Crippen LogP contribution < -0.4 is 10.1 Å². The summed E-state index contributed by atoms with van der Waals surface area (Å²) in [6.45, 7) is 1.76. The highest BCUT2D eigenvalue weighted by Crippen LogP contribution is 2.24. The summed E-state index contributed by atoms with van der Waals surface area (Å²) >= 11 is 1.25. The normalized spacial score (nSPS) is 12.7. The van der Waals surface area contributed by atoms with E-state index < -0.39 is 15.3 Å². The summed E-state index contributed by atoms with van der Waals surface area (Å²) in [7, 11) is 0.968. The number of amides is 1. The van der Waals surface area contributed by atoms with Crippen LogP contribution in [0.25, 0.3) is 0 Å². The Kier molecular flexibility index (Phi) is 6.63. The second-order valence-electron chi connectivity index (χ2n) is 5.60. The van der Waals surface area contributed by atoms with Crippen molar-refractivity contribution >= 4 is 33.4 Å². The number of hydrogen-bond donors (Lipinski definition) is 1. The Bertz CT molecular complexity index is 868. The zero-order valence-corrected chi connectivity index (χ0v) is 16.6. The third kappa shape index (κ3) is 4.96. The van der Waals surface area contributed by atoms with Crippen LogP contribution in [0.3, 0.4) is 0 Å². The summed E-state index contributed by atoms with van der Waals surface area (Å²) in [6.07, 6.45) is 1.30. The Hall–Kier alpha value is -2.10. The number of carbonyl (C=O) groups excluding carboxylic acids is 1. The average Bonchev–Trinajstić information content (AvgIpc) is 2.62. The number of nitrogens with one attached hydrogen (secondary N) is 1. The third-order valence-electron chi connectivity index (χ3n) is 3.49. The summed E-state index contributed by atoms with van der Waals surface area (Å²) in [5, 5.41) is 2.97. The SMILES string of the molecule is COc1cccc(NC(=O)C(C)Sc2ccc(S(=O)(=O)N(C)C)cn2)c1. The van der Waals surface area contributed by atoms with Crippen LogP contribution in [0.4, 0.5) is 5.69 Å². The van der Waals surface area contributed by atoms with Gasteiger partial charge >= 0.3 is 0 Å². The number of carbonyl (C=O) groups is 1. The highest BCUT2D eigenvalue weighted by Gasteiger charge is 2.19. The van der Waals surface area contributed by atoms with Gasteiger partial charge in [0.15, 0.2) is 0 Å². The number of pyridine rings is 1. The van der Waals surface area contributed by atoms with Crippen LogP contribution in [-0.4, -0.2) is 50.1 Å². The van der Waals surface area contributed by atoms with Gasteiger partial charge in [0, 0.05) is 32.0 Å². The summed E-state index contributed by atoms with van der Waals surface area (Å²) in [5.41, 5.74) is 0.641.